The van der Waals surface area contributed by atoms with Crippen LogP contribution in [-0.2, 0) is 17.9 Å². The highest BCUT2D eigenvalue weighted by Crippen LogP contribution is 2.34. The maximum absolute atomic E-state index is 13.8. The Morgan fingerprint density at radius 2 is 1.78 bits per heavy atom. The van der Waals surface area contributed by atoms with Gasteiger partial charge >= 0.3 is 0 Å². The van der Waals surface area contributed by atoms with Gasteiger partial charge in [0, 0.05) is 23.5 Å². The molecule has 0 saturated heterocycles. The Morgan fingerprint density at radius 3 is 2.53 bits per heavy atom. The molecule has 2 aliphatic rings. The van der Waals surface area contributed by atoms with Crippen molar-refractivity contribution < 1.29 is 9.59 Å². The van der Waals surface area contributed by atoms with Crippen LogP contribution in [-0.4, -0.2) is 32.9 Å². The van der Waals surface area contributed by atoms with Gasteiger partial charge in [-0.2, -0.15) is 0 Å². The molecule has 1 fully saturated rings. The molecule has 2 amide bonds. The first-order valence-electron chi connectivity index (χ1n) is 11.7. The summed E-state index contributed by atoms with van der Waals surface area (Å²) in [5, 5.41) is 4.33. The smallest absolute Gasteiger partial charge is 0.271 e. The average Bonchev–Trinajstić information content (AvgIpc) is 3.17. The van der Waals surface area contributed by atoms with Crippen LogP contribution < -0.4 is 5.32 Å². The Morgan fingerprint density at radius 1 is 1.06 bits per heavy atom. The molecule has 0 bridgehead atoms. The molecule has 1 aliphatic heterocycles. The average molecular weight is 430 g/mol. The molecule has 5 heteroatoms. The minimum Gasteiger partial charge on any atom is -0.351 e. The molecule has 1 N–H and O–H groups in total. The molecule has 2 aromatic carbocycles. The summed E-state index contributed by atoms with van der Waals surface area (Å²) in [6, 6.07) is 18.4. The number of carbonyl (C=O) groups excluding carboxylic acids is 2. The molecule has 5 nitrogen and oxygen atoms in total. The largest absolute Gasteiger partial charge is 0.351 e. The van der Waals surface area contributed by atoms with E-state index in [9.17, 15) is 9.59 Å². The van der Waals surface area contributed by atoms with E-state index in [1.807, 2.05) is 54.0 Å². The number of aromatic nitrogens is 1. The molecule has 3 aromatic rings. The predicted molar refractivity (Wildman–Crippen MR) is 126 cm³/mol. The number of nitrogens with zero attached hydrogens (tertiary/aromatic N) is 2. The van der Waals surface area contributed by atoms with Crippen LogP contribution >= 0.6 is 0 Å². The number of hydrogen-bond donors (Lipinski definition) is 1. The minimum atomic E-state index is -0.964. The number of para-hydroxylation sites is 1. The van der Waals surface area contributed by atoms with E-state index in [1.165, 1.54) is 12.0 Å². The zero-order chi connectivity index (χ0) is 22.3. The Hall–Kier alpha value is -3.08. The van der Waals surface area contributed by atoms with E-state index >= 15 is 0 Å². The minimum absolute atomic E-state index is 0.0479. The monoisotopic (exact) mass is 429 g/mol. The summed E-state index contributed by atoms with van der Waals surface area (Å²) in [5.74, 6) is -0.136. The molecular formula is C27H31N3O2. The lowest BCUT2D eigenvalue weighted by atomic mass is 9.91. The molecular weight excluding hydrogens is 398 g/mol. The van der Waals surface area contributed by atoms with E-state index < -0.39 is 5.54 Å². The van der Waals surface area contributed by atoms with Gasteiger partial charge in [-0.15, -0.1) is 0 Å². The van der Waals surface area contributed by atoms with E-state index in [0.717, 1.165) is 42.1 Å². The van der Waals surface area contributed by atoms with Gasteiger partial charge in [-0.25, -0.2) is 0 Å². The standard InChI is InChI=1S/C27H31N3O2/c1-19-12-14-20(15-13-19)17-30-25(31)24-16-21-8-6-7-11-23(21)29(24)18-27(30,2)26(32)28-22-9-4-3-5-10-22/h6-8,11-16,22H,3-5,9-10,17-18H2,1-2H3,(H,28,32)/t27-/m1/s1. The normalized spacial score (nSPS) is 21.6. The van der Waals surface area contributed by atoms with Crippen LogP contribution in [0.15, 0.2) is 54.6 Å². The van der Waals surface area contributed by atoms with E-state index in [0.29, 0.717) is 18.8 Å². The van der Waals surface area contributed by atoms with Crippen molar-refractivity contribution in [2.45, 2.75) is 70.6 Å². The first-order chi connectivity index (χ1) is 15.5. The second kappa shape index (κ2) is 8.12. The van der Waals surface area contributed by atoms with Crippen molar-refractivity contribution >= 4 is 22.7 Å². The number of nitrogens with one attached hydrogen (secondary N) is 1. The molecule has 1 atom stereocenters. The fourth-order valence-electron chi connectivity index (χ4n) is 5.22. The Labute approximate surface area is 189 Å². The molecule has 0 spiro atoms. The summed E-state index contributed by atoms with van der Waals surface area (Å²) in [4.78, 5) is 29.3. The number of fused-ring (bicyclic) bond motifs is 3. The van der Waals surface area contributed by atoms with Gasteiger partial charge in [0.25, 0.3) is 5.91 Å². The number of rotatable bonds is 4. The van der Waals surface area contributed by atoms with Crippen LogP contribution in [0, 0.1) is 6.92 Å². The van der Waals surface area contributed by atoms with Gasteiger partial charge in [-0.3, -0.25) is 9.59 Å². The summed E-state index contributed by atoms with van der Waals surface area (Å²) in [7, 11) is 0. The van der Waals surface area contributed by atoms with E-state index in [1.54, 1.807) is 4.90 Å². The highest BCUT2D eigenvalue weighted by molar-refractivity contribution is 6.03. The summed E-state index contributed by atoms with van der Waals surface area (Å²) < 4.78 is 2.03. The zero-order valence-corrected chi connectivity index (χ0v) is 18.9. The summed E-state index contributed by atoms with van der Waals surface area (Å²) in [6.45, 7) is 4.84. The number of benzene rings is 2. The summed E-state index contributed by atoms with van der Waals surface area (Å²) in [6.07, 6.45) is 5.58. The van der Waals surface area contributed by atoms with Gasteiger partial charge in [0.1, 0.15) is 11.2 Å². The van der Waals surface area contributed by atoms with E-state index in [-0.39, 0.29) is 17.9 Å². The van der Waals surface area contributed by atoms with Crippen molar-refractivity contribution in [2.24, 2.45) is 0 Å². The molecule has 0 unspecified atom stereocenters. The van der Waals surface area contributed by atoms with Crippen molar-refractivity contribution in [2.75, 3.05) is 0 Å². The molecule has 0 radical (unpaired) electrons. The first kappa shape index (κ1) is 20.8. The fraction of sp³-hybridized carbons (Fsp3) is 0.407. The molecule has 1 saturated carbocycles. The van der Waals surface area contributed by atoms with Gasteiger partial charge in [0.2, 0.25) is 5.91 Å². The molecule has 2 heterocycles. The Balaban J connectivity index is 1.54. The number of aryl methyl sites for hydroxylation is 1. The zero-order valence-electron chi connectivity index (χ0n) is 18.9. The van der Waals surface area contributed by atoms with Gasteiger partial charge in [0.05, 0.1) is 6.54 Å². The summed E-state index contributed by atoms with van der Waals surface area (Å²) >= 11 is 0. The van der Waals surface area contributed by atoms with Gasteiger partial charge in [-0.1, -0.05) is 67.3 Å². The van der Waals surface area contributed by atoms with Gasteiger partial charge in [-0.05, 0) is 44.4 Å². The van der Waals surface area contributed by atoms with Crippen LogP contribution in [0.4, 0.5) is 0 Å². The van der Waals surface area contributed by atoms with Crippen LogP contribution in [0.5, 0.6) is 0 Å². The van der Waals surface area contributed by atoms with Crippen LogP contribution in [0.25, 0.3) is 10.9 Å². The van der Waals surface area contributed by atoms with Crippen molar-refractivity contribution in [3.63, 3.8) is 0 Å². The number of hydrogen-bond acceptors (Lipinski definition) is 2. The van der Waals surface area contributed by atoms with Crippen LogP contribution in [0.3, 0.4) is 0 Å². The third-order valence-electron chi connectivity index (χ3n) is 7.23. The number of amides is 2. The Kier molecular flexibility index (Phi) is 5.28. The maximum atomic E-state index is 13.8. The molecule has 32 heavy (non-hydrogen) atoms. The van der Waals surface area contributed by atoms with Gasteiger partial charge < -0.3 is 14.8 Å². The molecule has 166 valence electrons. The van der Waals surface area contributed by atoms with Crippen molar-refractivity contribution in [1.82, 2.24) is 14.8 Å². The van der Waals surface area contributed by atoms with E-state index in [2.05, 4.69) is 24.4 Å². The van der Waals surface area contributed by atoms with Crippen LogP contribution in [0.2, 0.25) is 0 Å². The quantitative estimate of drug-likeness (QED) is 0.647. The lowest BCUT2D eigenvalue weighted by Crippen LogP contribution is -2.64. The highest BCUT2D eigenvalue weighted by atomic mass is 16.2. The molecule has 1 aromatic heterocycles. The predicted octanol–water partition coefficient (Wildman–Crippen LogP) is 4.81. The second-order valence-corrected chi connectivity index (χ2v) is 9.63. The highest BCUT2D eigenvalue weighted by Gasteiger charge is 2.48. The lowest BCUT2D eigenvalue weighted by molar-refractivity contribution is -0.134. The maximum Gasteiger partial charge on any atom is 0.271 e. The second-order valence-electron chi connectivity index (χ2n) is 9.63. The third kappa shape index (κ3) is 3.60. The van der Waals surface area contributed by atoms with Gasteiger partial charge in [0.15, 0.2) is 0 Å². The Bertz CT molecular complexity index is 1160. The molecule has 5 rings (SSSR count). The van der Waals surface area contributed by atoms with Crippen molar-refractivity contribution in [3.8, 4) is 0 Å². The number of carbonyl (C=O) groups is 2. The first-order valence-corrected chi connectivity index (χ1v) is 11.7. The van der Waals surface area contributed by atoms with Crippen molar-refractivity contribution in [3.05, 3.63) is 71.4 Å². The van der Waals surface area contributed by atoms with Crippen molar-refractivity contribution in [1.29, 1.82) is 0 Å². The lowest BCUT2D eigenvalue weighted by Gasteiger charge is -2.45. The third-order valence-corrected chi connectivity index (χ3v) is 7.23. The topological polar surface area (TPSA) is 54.3 Å². The fourth-order valence-corrected chi connectivity index (χ4v) is 5.22. The van der Waals surface area contributed by atoms with Crippen LogP contribution in [0.1, 0.15) is 60.6 Å². The SMILES string of the molecule is Cc1ccc(CN2C(=O)c3cc4ccccc4n3C[C@]2(C)C(=O)NC2CCCCC2)cc1. The summed E-state index contributed by atoms with van der Waals surface area (Å²) in [5.41, 5.74) is 2.90. The van der Waals surface area contributed by atoms with E-state index in [4.69, 9.17) is 0 Å². The molecule has 1 aliphatic carbocycles.